The second-order valence-electron chi connectivity index (χ2n) is 12.9. The van der Waals surface area contributed by atoms with Crippen molar-refractivity contribution in [2.75, 3.05) is 73.6 Å². The number of aliphatic hydroxyl groups is 1. The molecule has 1 aliphatic rings. The molecule has 64 heavy (non-hydrogen) atoms. The first-order valence-electron chi connectivity index (χ1n) is 19.1. The van der Waals surface area contributed by atoms with Gasteiger partial charge in [0.2, 0.25) is 12.4 Å². The Morgan fingerprint density at radius 2 is 1.33 bits per heavy atom. The minimum absolute atomic E-state index is 0.000108. The summed E-state index contributed by atoms with van der Waals surface area (Å²) >= 11 is 0. The first-order chi connectivity index (χ1) is 30.5. The van der Waals surface area contributed by atoms with Crippen molar-refractivity contribution in [2.45, 2.75) is 65.0 Å². The number of methoxy groups -OCH3 is 2. The van der Waals surface area contributed by atoms with Crippen molar-refractivity contribution in [3.8, 4) is 28.7 Å². The zero-order valence-corrected chi connectivity index (χ0v) is 36.5. The summed E-state index contributed by atoms with van der Waals surface area (Å²) < 4.78 is 97.6. The van der Waals surface area contributed by atoms with Crippen molar-refractivity contribution in [3.63, 3.8) is 0 Å². The monoisotopic (exact) mass is 930 g/mol. The predicted molar refractivity (Wildman–Crippen MR) is 213 cm³/mol. The summed E-state index contributed by atoms with van der Waals surface area (Å²) in [6.07, 6.45) is -8.20. The summed E-state index contributed by atoms with van der Waals surface area (Å²) in [6, 6.07) is 5.55. The van der Waals surface area contributed by atoms with Crippen LogP contribution < -0.4 is 27.9 Å². The number of azide groups is 1. The van der Waals surface area contributed by atoms with E-state index in [-0.39, 0.29) is 81.1 Å². The fourth-order valence-corrected chi connectivity index (χ4v) is 6.38. The van der Waals surface area contributed by atoms with Crippen LogP contribution in [0.1, 0.15) is 43.6 Å². The van der Waals surface area contributed by atoms with Crippen LogP contribution in [0, 0.1) is 0 Å². The highest BCUT2D eigenvalue weighted by Crippen LogP contribution is 2.38. The van der Waals surface area contributed by atoms with Gasteiger partial charge >= 0.3 is 34.3 Å². The van der Waals surface area contributed by atoms with Crippen LogP contribution in [0.15, 0.2) is 35.4 Å². The Labute approximate surface area is 367 Å². The molecule has 3 rings (SSSR count). The highest BCUT2D eigenvalue weighted by atomic mass is 32.3. The lowest BCUT2D eigenvalue weighted by Gasteiger charge is -2.43. The number of nitrogens with one attached hydrogen (secondary N) is 1. The van der Waals surface area contributed by atoms with Crippen molar-refractivity contribution in [1.82, 2.24) is 5.32 Å². The molecule has 1 saturated heterocycles. The lowest BCUT2D eigenvalue weighted by molar-refractivity contribution is -0.288. The lowest BCUT2D eigenvalue weighted by atomic mass is 9.98. The van der Waals surface area contributed by atoms with E-state index < -0.39 is 95.6 Å². The number of benzene rings is 2. The minimum Gasteiger partial charge on any atom is -0.496 e. The maximum Gasteiger partial charge on any atom is 0.501 e. The zero-order valence-electron chi connectivity index (χ0n) is 35.7. The maximum atomic E-state index is 13.6. The van der Waals surface area contributed by atoms with E-state index in [4.69, 9.17) is 66.0 Å². The standard InChI is InChI=1S/C38H50N4O21S/c1-22(44)56-21-33-34(57-23(2)45)35(58-24(3)46)36(59-25(4)47)38(61-33)60-29-8-7-26(37(48)40-9-11-53-13-15-55-16-14-54-12-10-41-42-39)17-32(29)63-64(49,50)62-27-18-30(51-5)28(20-43)31(19-27)52-6/h7-8,17-19,33-36,38,43H,9-16,20-21H2,1-6H3,(H,40,48)/t33-,34+,35+,36-,38?/m1/s1. The number of rotatable bonds is 27. The molecule has 0 aromatic heterocycles. The smallest absolute Gasteiger partial charge is 0.496 e. The Morgan fingerprint density at radius 3 is 1.89 bits per heavy atom. The van der Waals surface area contributed by atoms with Crippen molar-refractivity contribution in [1.29, 1.82) is 0 Å². The number of hydrogen-bond donors (Lipinski definition) is 2. The van der Waals surface area contributed by atoms with Crippen molar-refractivity contribution in [3.05, 3.63) is 51.9 Å². The van der Waals surface area contributed by atoms with Gasteiger partial charge in [-0.05, 0) is 23.7 Å². The van der Waals surface area contributed by atoms with Gasteiger partial charge in [-0.15, -0.1) is 8.42 Å². The number of amides is 1. The molecule has 2 aromatic carbocycles. The molecule has 0 saturated carbocycles. The normalized spacial score (nSPS) is 18.0. The molecule has 0 bridgehead atoms. The number of nitrogens with zero attached hydrogens (tertiary/aromatic N) is 3. The second kappa shape index (κ2) is 26.5. The number of ether oxygens (including phenoxy) is 11. The Bertz CT molecular complexity index is 2040. The Morgan fingerprint density at radius 1 is 0.750 bits per heavy atom. The summed E-state index contributed by atoms with van der Waals surface area (Å²) in [5.74, 6) is -5.82. The molecule has 26 heteroatoms. The molecular formula is C38H50N4O21S. The summed E-state index contributed by atoms with van der Waals surface area (Å²) in [4.78, 5) is 64.6. The molecular weight excluding hydrogens is 880 g/mol. The Hall–Kier alpha value is -6.15. The fourth-order valence-electron chi connectivity index (χ4n) is 5.66. The Kier molecular flexibility index (Phi) is 21.6. The van der Waals surface area contributed by atoms with Crippen molar-refractivity contribution >= 4 is 40.2 Å². The zero-order chi connectivity index (χ0) is 47.2. The average Bonchev–Trinajstić information content (AvgIpc) is 3.23. The van der Waals surface area contributed by atoms with Crippen LogP contribution in [-0.2, 0) is 74.1 Å². The van der Waals surface area contributed by atoms with E-state index in [1.54, 1.807) is 0 Å². The topological polar surface area (TPSA) is 320 Å². The summed E-state index contributed by atoms with van der Waals surface area (Å²) in [7, 11) is -2.65. The first kappa shape index (κ1) is 52.2. The summed E-state index contributed by atoms with van der Waals surface area (Å²) in [5, 5.41) is 15.8. The van der Waals surface area contributed by atoms with Gasteiger partial charge in [-0.3, -0.25) is 24.0 Å². The third-order valence-corrected chi connectivity index (χ3v) is 8.98. The highest BCUT2D eigenvalue weighted by molar-refractivity contribution is 7.82. The number of carbonyl (C=O) groups excluding carboxylic acids is 5. The van der Waals surface area contributed by atoms with Crippen molar-refractivity contribution < 1.29 is 98.0 Å². The molecule has 1 amide bonds. The van der Waals surface area contributed by atoms with E-state index in [1.807, 2.05) is 0 Å². The molecule has 5 atom stereocenters. The van der Waals surface area contributed by atoms with Crippen LogP contribution in [-0.4, -0.2) is 148 Å². The van der Waals surface area contributed by atoms with E-state index in [0.717, 1.165) is 52.0 Å². The van der Waals surface area contributed by atoms with Crippen LogP contribution >= 0.6 is 0 Å². The lowest BCUT2D eigenvalue weighted by Crippen LogP contribution is -2.63. The minimum atomic E-state index is -5.17. The molecule has 25 nitrogen and oxygen atoms in total. The number of carbonyl (C=O) groups is 5. The molecule has 1 heterocycles. The fraction of sp³-hybridized carbons (Fsp3) is 0.553. The van der Waals surface area contributed by atoms with Gasteiger partial charge in [-0.25, -0.2) is 0 Å². The molecule has 1 fully saturated rings. The van der Waals surface area contributed by atoms with Crippen LogP contribution in [0.2, 0.25) is 0 Å². The average molecular weight is 931 g/mol. The molecule has 354 valence electrons. The van der Waals surface area contributed by atoms with E-state index in [2.05, 4.69) is 15.3 Å². The number of hydrogen-bond acceptors (Lipinski definition) is 22. The molecule has 1 unspecified atom stereocenters. The van der Waals surface area contributed by atoms with Gasteiger partial charge in [-0.1, -0.05) is 5.11 Å². The van der Waals surface area contributed by atoms with Gasteiger partial charge in [-0.2, -0.15) is 0 Å². The van der Waals surface area contributed by atoms with Gasteiger partial charge < -0.3 is 70.9 Å². The van der Waals surface area contributed by atoms with Crippen molar-refractivity contribution in [2.24, 2.45) is 5.11 Å². The summed E-state index contributed by atoms with van der Waals surface area (Å²) in [6.45, 7) is 4.46. The van der Waals surface area contributed by atoms with Crippen LogP contribution in [0.3, 0.4) is 0 Å². The quantitative estimate of drug-likeness (QED) is 0.0320. The van der Waals surface area contributed by atoms with Gasteiger partial charge in [0.05, 0.1) is 66.0 Å². The molecule has 0 radical (unpaired) electrons. The van der Waals surface area contributed by atoms with E-state index in [0.29, 0.717) is 0 Å². The molecule has 2 N–H and O–H groups in total. The van der Waals surface area contributed by atoms with Crippen LogP contribution in [0.4, 0.5) is 0 Å². The second-order valence-corrected chi connectivity index (χ2v) is 14.1. The highest BCUT2D eigenvalue weighted by Gasteiger charge is 2.53. The van der Waals surface area contributed by atoms with E-state index in [1.165, 1.54) is 20.3 Å². The predicted octanol–water partition coefficient (Wildman–Crippen LogP) is 1.45. The summed E-state index contributed by atoms with van der Waals surface area (Å²) in [5.41, 5.74) is 8.27. The third-order valence-electron chi connectivity index (χ3n) is 8.20. The van der Waals surface area contributed by atoms with E-state index in [9.17, 15) is 37.5 Å². The molecule has 2 aromatic rings. The third kappa shape index (κ3) is 17.2. The van der Waals surface area contributed by atoms with E-state index >= 15 is 0 Å². The number of aliphatic hydroxyl groups excluding tert-OH is 1. The first-order valence-corrected chi connectivity index (χ1v) is 20.5. The molecule has 0 aliphatic carbocycles. The van der Waals surface area contributed by atoms with Gasteiger partial charge in [0.25, 0.3) is 5.91 Å². The largest absolute Gasteiger partial charge is 0.501 e. The number of esters is 4. The van der Waals surface area contributed by atoms with Crippen LogP contribution in [0.25, 0.3) is 10.4 Å². The maximum absolute atomic E-state index is 13.6. The van der Waals surface area contributed by atoms with Gasteiger partial charge in [0.15, 0.2) is 29.5 Å². The Balaban J connectivity index is 1.94. The molecule has 1 aliphatic heterocycles. The van der Waals surface area contributed by atoms with Crippen LogP contribution in [0.5, 0.6) is 28.7 Å². The van der Waals surface area contributed by atoms with Gasteiger partial charge in [0, 0.05) is 63.4 Å². The SMILES string of the molecule is COc1cc(OS(=O)(=O)Oc2cc(C(=O)NCCOCCOCCOCCN=[N+]=[N-])ccc2OC2O[C@H](COC(C)=O)[C@H](OC(C)=O)[C@H](OC(C)=O)[C@H]2OC(C)=O)cc(OC)c1CO. The van der Waals surface area contributed by atoms with Gasteiger partial charge in [0.1, 0.15) is 24.2 Å². The molecule has 0 spiro atoms.